The molecule has 0 bridgehead atoms. The average Bonchev–Trinajstić information content (AvgIpc) is 2.65. The molecule has 0 amide bonds. The van der Waals surface area contributed by atoms with Gasteiger partial charge in [0, 0.05) is 12.6 Å². The molecular weight excluding hydrogens is 318 g/mol. The Hall–Kier alpha value is -2.24. The average molecular weight is 345 g/mol. The zero-order valence-electron chi connectivity index (χ0n) is 15.1. The lowest BCUT2D eigenvalue weighted by Crippen LogP contribution is -2.37. The Bertz CT molecular complexity index is 633. The van der Waals surface area contributed by atoms with Crippen molar-refractivity contribution in [1.29, 1.82) is 0 Å². The standard InChI is InChI=1S/C20H27NO4/c1-15(11-16-9-10-19(23-2)20(12-16)24-3)21-13-17(22)14-25-18-7-5-4-6-8-18/h4-10,12,15,17,21-22H,11,13-14H2,1-3H3/t15-,17+/m1/s1. The molecule has 0 unspecified atom stereocenters. The van der Waals surface area contributed by atoms with Crippen LogP contribution in [0.5, 0.6) is 17.2 Å². The van der Waals surface area contributed by atoms with E-state index < -0.39 is 6.10 Å². The number of aliphatic hydroxyl groups is 1. The molecule has 0 saturated heterocycles. The summed E-state index contributed by atoms with van der Waals surface area (Å²) < 4.78 is 16.1. The highest BCUT2D eigenvalue weighted by atomic mass is 16.5. The third-order valence-corrected chi connectivity index (χ3v) is 3.88. The summed E-state index contributed by atoms with van der Waals surface area (Å²) in [5.74, 6) is 2.21. The predicted octanol–water partition coefficient (Wildman–Crippen LogP) is 2.66. The van der Waals surface area contributed by atoms with Crippen LogP contribution in [0.2, 0.25) is 0 Å². The summed E-state index contributed by atoms with van der Waals surface area (Å²) in [5.41, 5.74) is 1.15. The first kappa shape index (κ1) is 19.1. The van der Waals surface area contributed by atoms with Crippen molar-refractivity contribution >= 4 is 0 Å². The van der Waals surface area contributed by atoms with E-state index in [2.05, 4.69) is 12.2 Å². The molecule has 2 aromatic rings. The number of benzene rings is 2. The number of hydrogen-bond acceptors (Lipinski definition) is 5. The van der Waals surface area contributed by atoms with E-state index in [1.54, 1.807) is 14.2 Å². The topological polar surface area (TPSA) is 60.0 Å². The van der Waals surface area contributed by atoms with Gasteiger partial charge in [-0.3, -0.25) is 0 Å². The number of ether oxygens (including phenoxy) is 3. The normalized spacial score (nSPS) is 13.1. The fourth-order valence-corrected chi connectivity index (χ4v) is 2.54. The third kappa shape index (κ3) is 6.29. The molecule has 0 aliphatic rings. The van der Waals surface area contributed by atoms with Gasteiger partial charge in [0.1, 0.15) is 18.5 Å². The van der Waals surface area contributed by atoms with Crippen molar-refractivity contribution in [1.82, 2.24) is 5.32 Å². The maximum absolute atomic E-state index is 10.1. The minimum Gasteiger partial charge on any atom is -0.493 e. The number of hydrogen-bond donors (Lipinski definition) is 2. The van der Waals surface area contributed by atoms with E-state index in [1.807, 2.05) is 48.5 Å². The van der Waals surface area contributed by atoms with E-state index in [4.69, 9.17) is 14.2 Å². The Morgan fingerprint density at radius 3 is 2.40 bits per heavy atom. The smallest absolute Gasteiger partial charge is 0.160 e. The van der Waals surface area contributed by atoms with Crippen molar-refractivity contribution in [2.45, 2.75) is 25.5 Å². The summed E-state index contributed by atoms with van der Waals surface area (Å²) in [4.78, 5) is 0. The molecule has 0 fully saturated rings. The monoisotopic (exact) mass is 345 g/mol. The molecule has 0 aromatic heterocycles. The van der Waals surface area contributed by atoms with Gasteiger partial charge in [0.2, 0.25) is 0 Å². The first-order valence-electron chi connectivity index (χ1n) is 8.42. The first-order valence-corrected chi connectivity index (χ1v) is 8.42. The van der Waals surface area contributed by atoms with Gasteiger partial charge in [-0.05, 0) is 43.2 Å². The lowest BCUT2D eigenvalue weighted by Gasteiger charge is -2.18. The highest BCUT2D eigenvalue weighted by molar-refractivity contribution is 5.43. The Balaban J connectivity index is 1.75. The maximum Gasteiger partial charge on any atom is 0.160 e. The van der Waals surface area contributed by atoms with E-state index >= 15 is 0 Å². The summed E-state index contributed by atoms with van der Waals surface area (Å²) in [6.45, 7) is 2.82. The molecule has 2 rings (SSSR count). The van der Waals surface area contributed by atoms with Gasteiger partial charge in [-0.25, -0.2) is 0 Å². The molecular formula is C20H27NO4. The van der Waals surface area contributed by atoms with E-state index in [1.165, 1.54) is 0 Å². The predicted molar refractivity (Wildman–Crippen MR) is 98.7 cm³/mol. The summed E-state index contributed by atoms with van der Waals surface area (Å²) in [6, 6.07) is 15.6. The van der Waals surface area contributed by atoms with E-state index in [9.17, 15) is 5.11 Å². The molecule has 5 nitrogen and oxygen atoms in total. The largest absolute Gasteiger partial charge is 0.493 e. The van der Waals surface area contributed by atoms with Crippen LogP contribution in [-0.4, -0.2) is 44.6 Å². The molecule has 2 N–H and O–H groups in total. The quantitative estimate of drug-likeness (QED) is 0.693. The van der Waals surface area contributed by atoms with Gasteiger partial charge < -0.3 is 24.6 Å². The maximum atomic E-state index is 10.1. The zero-order chi connectivity index (χ0) is 18.1. The van der Waals surface area contributed by atoms with Gasteiger partial charge in [-0.1, -0.05) is 24.3 Å². The molecule has 0 radical (unpaired) electrons. The molecule has 0 saturated carbocycles. The van der Waals surface area contributed by atoms with Crippen LogP contribution in [0.15, 0.2) is 48.5 Å². The lowest BCUT2D eigenvalue weighted by molar-refractivity contribution is 0.104. The molecule has 25 heavy (non-hydrogen) atoms. The van der Waals surface area contributed by atoms with E-state index in [-0.39, 0.29) is 12.6 Å². The van der Waals surface area contributed by atoms with Gasteiger partial charge >= 0.3 is 0 Å². The Morgan fingerprint density at radius 1 is 1.00 bits per heavy atom. The van der Waals surface area contributed by atoms with Crippen LogP contribution in [0.1, 0.15) is 12.5 Å². The van der Waals surface area contributed by atoms with Crippen LogP contribution < -0.4 is 19.5 Å². The first-order chi connectivity index (χ1) is 12.1. The van der Waals surface area contributed by atoms with Gasteiger partial charge in [0.05, 0.1) is 14.2 Å². The molecule has 136 valence electrons. The van der Waals surface area contributed by atoms with E-state index in [0.717, 1.165) is 29.2 Å². The highest BCUT2D eigenvalue weighted by Crippen LogP contribution is 2.27. The van der Waals surface area contributed by atoms with Crippen molar-refractivity contribution in [3.8, 4) is 17.2 Å². The minimum atomic E-state index is -0.562. The van der Waals surface area contributed by atoms with Crippen molar-refractivity contribution in [2.24, 2.45) is 0 Å². The molecule has 0 heterocycles. The Morgan fingerprint density at radius 2 is 1.72 bits per heavy atom. The second kappa shape index (κ2) is 9.91. The van der Waals surface area contributed by atoms with Crippen molar-refractivity contribution in [2.75, 3.05) is 27.4 Å². The fourth-order valence-electron chi connectivity index (χ4n) is 2.54. The van der Waals surface area contributed by atoms with Gasteiger partial charge in [-0.15, -0.1) is 0 Å². The van der Waals surface area contributed by atoms with Crippen LogP contribution in [-0.2, 0) is 6.42 Å². The van der Waals surface area contributed by atoms with Gasteiger partial charge in [0.15, 0.2) is 11.5 Å². The van der Waals surface area contributed by atoms with Crippen LogP contribution in [0.3, 0.4) is 0 Å². The summed E-state index contributed by atoms with van der Waals surface area (Å²) in [6.07, 6.45) is 0.264. The SMILES string of the molecule is COc1ccc(C[C@@H](C)NC[C@H](O)COc2ccccc2)cc1OC. The van der Waals surface area contributed by atoms with Crippen LogP contribution in [0.4, 0.5) is 0 Å². The lowest BCUT2D eigenvalue weighted by atomic mass is 10.1. The molecule has 2 atom stereocenters. The number of aliphatic hydroxyl groups excluding tert-OH is 1. The third-order valence-electron chi connectivity index (χ3n) is 3.88. The Labute approximate surface area is 149 Å². The highest BCUT2D eigenvalue weighted by Gasteiger charge is 2.10. The molecule has 0 aliphatic heterocycles. The number of rotatable bonds is 10. The van der Waals surface area contributed by atoms with Crippen LogP contribution >= 0.6 is 0 Å². The van der Waals surface area contributed by atoms with Crippen molar-refractivity contribution in [3.63, 3.8) is 0 Å². The molecule has 5 heteroatoms. The second-order valence-electron chi connectivity index (χ2n) is 5.98. The van der Waals surface area contributed by atoms with Gasteiger partial charge in [0.25, 0.3) is 0 Å². The van der Waals surface area contributed by atoms with Crippen molar-refractivity contribution < 1.29 is 19.3 Å². The summed E-state index contributed by atoms with van der Waals surface area (Å²) in [7, 11) is 3.26. The zero-order valence-corrected chi connectivity index (χ0v) is 15.1. The minimum absolute atomic E-state index is 0.212. The van der Waals surface area contributed by atoms with Gasteiger partial charge in [-0.2, -0.15) is 0 Å². The Kier molecular flexibility index (Phi) is 7.57. The summed E-state index contributed by atoms with van der Waals surface area (Å²) in [5, 5.41) is 13.4. The van der Waals surface area contributed by atoms with E-state index in [0.29, 0.717) is 6.54 Å². The number of para-hydroxylation sites is 1. The fraction of sp³-hybridized carbons (Fsp3) is 0.400. The summed E-state index contributed by atoms with van der Waals surface area (Å²) >= 11 is 0. The van der Waals surface area contributed by atoms with Crippen LogP contribution in [0.25, 0.3) is 0 Å². The molecule has 0 spiro atoms. The molecule has 0 aliphatic carbocycles. The number of nitrogens with one attached hydrogen (secondary N) is 1. The molecule has 2 aromatic carbocycles. The van der Waals surface area contributed by atoms with Crippen LogP contribution in [0, 0.1) is 0 Å². The van der Waals surface area contributed by atoms with Crippen molar-refractivity contribution in [3.05, 3.63) is 54.1 Å². The number of methoxy groups -OCH3 is 2. The second-order valence-corrected chi connectivity index (χ2v) is 5.98.